The molecule has 1 aromatic heterocycles. The van der Waals surface area contributed by atoms with Gasteiger partial charge in [0.15, 0.2) is 0 Å². The van der Waals surface area contributed by atoms with E-state index in [2.05, 4.69) is 4.98 Å². The second-order valence-corrected chi connectivity index (χ2v) is 6.04. The molecule has 100 valence electrons. The van der Waals surface area contributed by atoms with Crippen molar-refractivity contribution in [3.63, 3.8) is 0 Å². The van der Waals surface area contributed by atoms with Crippen LogP contribution in [0.25, 0.3) is 0 Å². The monoisotopic (exact) mass is 269 g/mol. The lowest BCUT2D eigenvalue weighted by atomic mass is 9.94. The van der Waals surface area contributed by atoms with Gasteiger partial charge in [0.2, 0.25) is 0 Å². The van der Waals surface area contributed by atoms with Crippen LogP contribution in [0.5, 0.6) is 0 Å². The summed E-state index contributed by atoms with van der Waals surface area (Å²) in [6.07, 6.45) is 1.23. The number of amides is 1. The maximum atomic E-state index is 12.2. The first kappa shape index (κ1) is 13.5. The zero-order chi connectivity index (χ0) is 13.3. The van der Waals surface area contributed by atoms with E-state index in [-0.39, 0.29) is 11.9 Å². The molecule has 6 heteroatoms. The van der Waals surface area contributed by atoms with Gasteiger partial charge in [0.1, 0.15) is 10.7 Å². The molecule has 1 aromatic rings. The molecular formula is C12H19N3O2S. The Labute approximate surface area is 111 Å². The molecule has 0 bridgehead atoms. The van der Waals surface area contributed by atoms with Crippen molar-refractivity contribution in [1.82, 2.24) is 9.88 Å². The molecule has 1 aliphatic rings. The Hall–Kier alpha value is -0.980. The summed E-state index contributed by atoms with van der Waals surface area (Å²) in [4.78, 5) is 18.2. The van der Waals surface area contributed by atoms with Gasteiger partial charge in [0, 0.05) is 18.5 Å². The van der Waals surface area contributed by atoms with Gasteiger partial charge in [-0.1, -0.05) is 0 Å². The largest absolute Gasteiger partial charge is 0.390 e. The van der Waals surface area contributed by atoms with E-state index < -0.39 is 5.60 Å². The van der Waals surface area contributed by atoms with Crippen molar-refractivity contribution in [3.8, 4) is 0 Å². The van der Waals surface area contributed by atoms with Gasteiger partial charge in [-0.05, 0) is 26.7 Å². The van der Waals surface area contributed by atoms with Crippen molar-refractivity contribution in [2.75, 3.05) is 13.1 Å². The van der Waals surface area contributed by atoms with Crippen LogP contribution in [-0.2, 0) is 0 Å². The average molecular weight is 269 g/mol. The van der Waals surface area contributed by atoms with Crippen LogP contribution in [0.3, 0.4) is 0 Å². The topological polar surface area (TPSA) is 79.5 Å². The molecule has 18 heavy (non-hydrogen) atoms. The molecule has 0 saturated carbocycles. The first-order valence-electron chi connectivity index (χ1n) is 6.12. The third-order valence-electron chi connectivity index (χ3n) is 3.26. The van der Waals surface area contributed by atoms with Crippen molar-refractivity contribution in [3.05, 3.63) is 16.1 Å². The Kier molecular flexibility index (Phi) is 3.70. The van der Waals surface area contributed by atoms with Gasteiger partial charge < -0.3 is 15.7 Å². The number of carbonyl (C=O) groups is 1. The molecule has 0 radical (unpaired) electrons. The number of hydrogen-bond donors (Lipinski definition) is 2. The van der Waals surface area contributed by atoms with Crippen LogP contribution in [0.4, 0.5) is 0 Å². The molecule has 1 amide bonds. The van der Waals surface area contributed by atoms with Crippen LogP contribution in [0.2, 0.25) is 0 Å². The molecule has 1 unspecified atom stereocenters. The van der Waals surface area contributed by atoms with Gasteiger partial charge in [0.05, 0.1) is 11.6 Å². The number of carbonyl (C=O) groups excluding carboxylic acids is 1. The minimum absolute atomic E-state index is 0.0614. The average Bonchev–Trinajstić information content (AvgIpc) is 2.77. The number of thiazole rings is 1. The van der Waals surface area contributed by atoms with E-state index in [1.807, 2.05) is 13.8 Å². The molecule has 1 fully saturated rings. The minimum Gasteiger partial charge on any atom is -0.390 e. The molecule has 0 aliphatic carbocycles. The Balaban J connectivity index is 2.03. The molecule has 5 nitrogen and oxygen atoms in total. The lowest BCUT2D eigenvalue weighted by Crippen LogP contribution is -2.45. The summed E-state index contributed by atoms with van der Waals surface area (Å²) in [5, 5.41) is 12.4. The zero-order valence-electron chi connectivity index (χ0n) is 10.7. The van der Waals surface area contributed by atoms with Crippen LogP contribution in [-0.4, -0.2) is 39.6 Å². The standard InChI is InChI=1S/C12H19N3O2S/c1-8(13)10-14-9(7-18-10)11(16)15-5-3-12(2,17)4-6-15/h7-8,17H,3-6,13H2,1-2H3. The van der Waals surface area contributed by atoms with Crippen LogP contribution >= 0.6 is 11.3 Å². The normalized spacial score (nSPS) is 20.8. The van der Waals surface area contributed by atoms with E-state index in [1.54, 1.807) is 10.3 Å². The van der Waals surface area contributed by atoms with Gasteiger partial charge in [0.25, 0.3) is 5.91 Å². The van der Waals surface area contributed by atoms with Crippen LogP contribution in [0.15, 0.2) is 5.38 Å². The smallest absolute Gasteiger partial charge is 0.273 e. The van der Waals surface area contributed by atoms with Gasteiger partial charge in [-0.15, -0.1) is 11.3 Å². The summed E-state index contributed by atoms with van der Waals surface area (Å²) in [7, 11) is 0. The molecule has 1 atom stereocenters. The number of likely N-dealkylation sites (tertiary alicyclic amines) is 1. The Morgan fingerprint density at radius 2 is 2.22 bits per heavy atom. The van der Waals surface area contributed by atoms with E-state index in [0.29, 0.717) is 31.6 Å². The number of aromatic nitrogens is 1. The highest BCUT2D eigenvalue weighted by molar-refractivity contribution is 7.09. The SMILES string of the molecule is CC(N)c1nc(C(=O)N2CCC(C)(O)CC2)cs1. The molecule has 2 rings (SSSR count). The lowest BCUT2D eigenvalue weighted by Gasteiger charge is -2.35. The summed E-state index contributed by atoms with van der Waals surface area (Å²) < 4.78 is 0. The Morgan fingerprint density at radius 1 is 1.61 bits per heavy atom. The van der Waals surface area contributed by atoms with Gasteiger partial charge in [-0.2, -0.15) is 0 Å². The van der Waals surface area contributed by atoms with Gasteiger partial charge >= 0.3 is 0 Å². The summed E-state index contributed by atoms with van der Waals surface area (Å²) in [6, 6.07) is -0.140. The lowest BCUT2D eigenvalue weighted by molar-refractivity contribution is -0.00217. The second-order valence-electron chi connectivity index (χ2n) is 5.15. The molecular weight excluding hydrogens is 250 g/mol. The second kappa shape index (κ2) is 4.95. The van der Waals surface area contributed by atoms with Gasteiger partial charge in [-0.3, -0.25) is 4.79 Å². The highest BCUT2D eigenvalue weighted by atomic mass is 32.1. The summed E-state index contributed by atoms with van der Waals surface area (Å²) in [6.45, 7) is 4.82. The van der Waals surface area contributed by atoms with Crippen LogP contribution < -0.4 is 5.73 Å². The Morgan fingerprint density at radius 3 is 2.72 bits per heavy atom. The van der Waals surface area contributed by atoms with E-state index in [9.17, 15) is 9.90 Å². The zero-order valence-corrected chi connectivity index (χ0v) is 11.5. The third-order valence-corrected chi connectivity index (χ3v) is 4.30. The maximum absolute atomic E-state index is 12.2. The fourth-order valence-electron chi connectivity index (χ4n) is 1.95. The third kappa shape index (κ3) is 2.88. The number of aliphatic hydroxyl groups is 1. The molecule has 1 aliphatic heterocycles. The van der Waals surface area contributed by atoms with Crippen molar-refractivity contribution in [2.24, 2.45) is 5.73 Å². The summed E-state index contributed by atoms with van der Waals surface area (Å²) >= 11 is 1.42. The van der Waals surface area contributed by atoms with E-state index in [1.165, 1.54) is 11.3 Å². The summed E-state index contributed by atoms with van der Waals surface area (Å²) in [5.74, 6) is -0.0614. The van der Waals surface area contributed by atoms with E-state index in [0.717, 1.165) is 5.01 Å². The Bertz CT molecular complexity index is 432. The van der Waals surface area contributed by atoms with E-state index >= 15 is 0 Å². The first-order chi connectivity index (χ1) is 8.39. The molecule has 0 spiro atoms. The van der Waals surface area contributed by atoms with Gasteiger partial charge in [-0.25, -0.2) is 4.98 Å². The molecule has 1 saturated heterocycles. The fraction of sp³-hybridized carbons (Fsp3) is 0.667. The molecule has 3 N–H and O–H groups in total. The first-order valence-corrected chi connectivity index (χ1v) is 7.00. The number of nitrogens with two attached hydrogens (primary N) is 1. The number of rotatable bonds is 2. The predicted octanol–water partition coefficient (Wildman–Crippen LogP) is 1.15. The number of piperidine rings is 1. The quantitative estimate of drug-likeness (QED) is 0.844. The van der Waals surface area contributed by atoms with Crippen LogP contribution in [0.1, 0.15) is 48.2 Å². The minimum atomic E-state index is -0.643. The number of hydrogen-bond acceptors (Lipinski definition) is 5. The maximum Gasteiger partial charge on any atom is 0.273 e. The van der Waals surface area contributed by atoms with Crippen molar-refractivity contribution in [2.45, 2.75) is 38.3 Å². The van der Waals surface area contributed by atoms with E-state index in [4.69, 9.17) is 5.73 Å². The predicted molar refractivity (Wildman–Crippen MR) is 70.5 cm³/mol. The van der Waals surface area contributed by atoms with Crippen LogP contribution in [0, 0.1) is 0 Å². The fourth-order valence-corrected chi connectivity index (χ4v) is 2.70. The molecule has 2 heterocycles. The summed E-state index contributed by atoms with van der Waals surface area (Å²) in [5.41, 5.74) is 5.55. The van der Waals surface area contributed by atoms with Crippen molar-refractivity contribution < 1.29 is 9.90 Å². The highest BCUT2D eigenvalue weighted by Gasteiger charge is 2.30. The van der Waals surface area contributed by atoms with Crippen molar-refractivity contribution in [1.29, 1.82) is 0 Å². The van der Waals surface area contributed by atoms with Crippen molar-refractivity contribution >= 4 is 17.2 Å². The highest BCUT2D eigenvalue weighted by Crippen LogP contribution is 2.23. The number of nitrogens with zero attached hydrogens (tertiary/aromatic N) is 2. The molecule has 0 aromatic carbocycles.